The minimum absolute atomic E-state index is 0.833. The normalized spacial score (nSPS) is 8.23. The number of rotatable bonds is 2. The van der Waals surface area contributed by atoms with Crippen molar-refractivity contribution in [3.05, 3.63) is 55.7 Å². The van der Waals surface area contributed by atoms with Gasteiger partial charge in [0.05, 0.1) is 14.2 Å². The molecule has 0 radical (unpaired) electrons. The van der Waals surface area contributed by atoms with E-state index in [1.165, 1.54) is 7.14 Å². The highest BCUT2D eigenvalue weighted by Crippen LogP contribution is 2.12. The molecule has 2 aromatic rings. The summed E-state index contributed by atoms with van der Waals surface area (Å²) in [5, 5.41) is 14.8. The van der Waals surface area contributed by atoms with Crippen molar-refractivity contribution in [2.75, 3.05) is 14.2 Å². The molecule has 0 aliphatic rings. The van der Waals surface area contributed by atoms with Gasteiger partial charge in [-0.25, -0.2) is 0 Å². The summed E-state index contributed by atoms with van der Waals surface area (Å²) in [6.45, 7) is 2.17. The molecule has 0 heterocycles. The topological polar surface area (TPSA) is 93.1 Å². The molecule has 8 heteroatoms. The highest BCUT2D eigenvalue weighted by molar-refractivity contribution is 14.1. The van der Waals surface area contributed by atoms with Gasteiger partial charge in [-0.2, -0.15) is 0 Å². The maximum Gasteiger partial charge on any atom is 0.300 e. The molecule has 0 aromatic heterocycles. The molecule has 0 aliphatic carbocycles. The van der Waals surface area contributed by atoms with E-state index in [-0.39, 0.29) is 0 Å². The molecule has 0 fully saturated rings. The molecule has 0 saturated carbocycles. The lowest BCUT2D eigenvalue weighted by molar-refractivity contribution is -0.135. The first-order chi connectivity index (χ1) is 12.1. The van der Waals surface area contributed by atoms with Gasteiger partial charge >= 0.3 is 0 Å². The smallest absolute Gasteiger partial charge is 0.300 e. The molecule has 2 N–H and O–H groups in total. The number of carboxylic acid groups (broad SMARTS) is 2. The van der Waals surface area contributed by atoms with Crippen LogP contribution in [-0.4, -0.2) is 36.4 Å². The van der Waals surface area contributed by atoms with Crippen molar-refractivity contribution in [3.8, 4) is 11.5 Å². The van der Waals surface area contributed by atoms with E-state index >= 15 is 0 Å². The van der Waals surface area contributed by atoms with Crippen molar-refractivity contribution in [2.24, 2.45) is 0 Å². The molecule has 0 unspecified atom stereocenters. The lowest BCUT2D eigenvalue weighted by atomic mass is 10.3. The fourth-order valence-corrected chi connectivity index (χ4v) is 1.86. The molecule has 26 heavy (non-hydrogen) atoms. The zero-order valence-corrected chi connectivity index (χ0v) is 19.2. The SMILES string of the molecule is CC(=O)O.CC(=O)O.COc1ccc(I)cc1.COc1ccc(I)cc1. The summed E-state index contributed by atoms with van der Waals surface area (Å²) in [5.41, 5.74) is 0. The summed E-state index contributed by atoms with van der Waals surface area (Å²) in [6.07, 6.45) is 0. The van der Waals surface area contributed by atoms with Gasteiger partial charge in [0.1, 0.15) is 11.5 Å². The zero-order chi connectivity index (χ0) is 20.5. The van der Waals surface area contributed by atoms with Gasteiger partial charge in [0, 0.05) is 21.0 Å². The summed E-state index contributed by atoms with van der Waals surface area (Å²) in [7, 11) is 3.34. The number of aliphatic carboxylic acids is 2. The molecule has 2 rings (SSSR count). The number of methoxy groups -OCH3 is 2. The van der Waals surface area contributed by atoms with Crippen molar-refractivity contribution in [2.45, 2.75) is 13.8 Å². The van der Waals surface area contributed by atoms with Crippen LogP contribution >= 0.6 is 45.2 Å². The second kappa shape index (κ2) is 16.9. The van der Waals surface area contributed by atoms with E-state index in [4.69, 9.17) is 29.3 Å². The van der Waals surface area contributed by atoms with Crippen molar-refractivity contribution in [1.29, 1.82) is 0 Å². The maximum atomic E-state index is 9.00. The van der Waals surface area contributed by atoms with Crippen LogP contribution in [0.2, 0.25) is 0 Å². The minimum Gasteiger partial charge on any atom is -0.497 e. The standard InChI is InChI=1S/2C7H7IO.2C2H4O2/c2*1-9-7-4-2-6(8)3-5-7;2*1-2(3)4/h2*2-5H,1H3;2*1H3,(H,3,4). The van der Waals surface area contributed by atoms with Crippen molar-refractivity contribution in [1.82, 2.24) is 0 Å². The van der Waals surface area contributed by atoms with Crippen LogP contribution in [0.15, 0.2) is 48.5 Å². The van der Waals surface area contributed by atoms with Crippen LogP contribution in [-0.2, 0) is 9.59 Å². The summed E-state index contributed by atoms with van der Waals surface area (Å²) in [6, 6.07) is 15.8. The van der Waals surface area contributed by atoms with E-state index in [2.05, 4.69) is 45.2 Å². The predicted molar refractivity (Wildman–Crippen MR) is 118 cm³/mol. The van der Waals surface area contributed by atoms with Gasteiger partial charge in [-0.15, -0.1) is 0 Å². The minimum atomic E-state index is -0.833. The number of ether oxygens (including phenoxy) is 2. The number of benzene rings is 2. The Morgan fingerprint density at radius 1 is 0.692 bits per heavy atom. The van der Waals surface area contributed by atoms with Gasteiger partial charge in [0.15, 0.2) is 0 Å². The Balaban J connectivity index is 0. The van der Waals surface area contributed by atoms with Gasteiger partial charge in [-0.3, -0.25) is 9.59 Å². The Morgan fingerprint density at radius 2 is 0.885 bits per heavy atom. The highest BCUT2D eigenvalue weighted by Gasteiger charge is 1.87. The van der Waals surface area contributed by atoms with E-state index in [1.54, 1.807) is 14.2 Å². The van der Waals surface area contributed by atoms with Crippen molar-refractivity contribution >= 4 is 57.1 Å². The van der Waals surface area contributed by atoms with Crippen LogP contribution in [0.3, 0.4) is 0 Å². The van der Waals surface area contributed by atoms with Gasteiger partial charge in [0.25, 0.3) is 11.9 Å². The Hall–Kier alpha value is -1.56. The monoisotopic (exact) mass is 588 g/mol. The third-order valence-corrected chi connectivity index (χ3v) is 3.54. The maximum absolute atomic E-state index is 9.00. The van der Waals surface area contributed by atoms with E-state index in [0.717, 1.165) is 25.3 Å². The van der Waals surface area contributed by atoms with E-state index in [0.29, 0.717) is 0 Å². The molecule has 144 valence electrons. The van der Waals surface area contributed by atoms with Gasteiger partial charge in [-0.1, -0.05) is 0 Å². The molecule has 0 bridgehead atoms. The average Bonchev–Trinajstić information content (AvgIpc) is 2.56. The lowest BCUT2D eigenvalue weighted by Gasteiger charge is -1.96. The first-order valence-corrected chi connectivity index (χ1v) is 9.26. The molecular formula is C18H22I2O6. The molecule has 2 aromatic carbocycles. The van der Waals surface area contributed by atoms with Gasteiger partial charge < -0.3 is 19.7 Å². The van der Waals surface area contributed by atoms with E-state index in [1.807, 2.05) is 48.5 Å². The Labute approximate surface area is 180 Å². The quantitative estimate of drug-likeness (QED) is 0.491. The number of halogens is 2. The average molecular weight is 588 g/mol. The third-order valence-electron chi connectivity index (χ3n) is 2.10. The van der Waals surface area contributed by atoms with Crippen molar-refractivity contribution in [3.63, 3.8) is 0 Å². The summed E-state index contributed by atoms with van der Waals surface area (Å²) in [5.74, 6) is 0.158. The zero-order valence-electron chi connectivity index (χ0n) is 14.9. The van der Waals surface area contributed by atoms with Crippen LogP contribution in [0.25, 0.3) is 0 Å². The van der Waals surface area contributed by atoms with Crippen LogP contribution < -0.4 is 9.47 Å². The molecule has 0 spiro atoms. The molecule has 0 atom stereocenters. The van der Waals surface area contributed by atoms with E-state index in [9.17, 15) is 0 Å². The molecule has 0 aliphatic heterocycles. The van der Waals surface area contributed by atoms with E-state index < -0.39 is 11.9 Å². The first-order valence-electron chi connectivity index (χ1n) is 7.10. The number of carbonyl (C=O) groups is 2. The molecule has 6 nitrogen and oxygen atoms in total. The van der Waals surface area contributed by atoms with Crippen LogP contribution in [0, 0.1) is 7.14 Å². The summed E-state index contributed by atoms with van der Waals surface area (Å²) < 4.78 is 12.4. The van der Waals surface area contributed by atoms with Crippen LogP contribution in [0.5, 0.6) is 11.5 Å². The third kappa shape index (κ3) is 20.5. The number of carboxylic acids is 2. The molecule has 0 saturated heterocycles. The molecule has 0 amide bonds. The van der Waals surface area contributed by atoms with Crippen molar-refractivity contribution < 1.29 is 29.3 Å². The van der Waals surface area contributed by atoms with Gasteiger partial charge in [0.2, 0.25) is 0 Å². The Kier molecular flexibility index (Phi) is 17.3. The second-order valence-corrected chi connectivity index (χ2v) is 6.85. The summed E-state index contributed by atoms with van der Waals surface area (Å²) >= 11 is 4.51. The Morgan fingerprint density at radius 3 is 1.04 bits per heavy atom. The fourth-order valence-electron chi connectivity index (χ4n) is 1.14. The lowest BCUT2D eigenvalue weighted by Crippen LogP contribution is -1.80. The fraction of sp³-hybridized carbons (Fsp3) is 0.222. The summed E-state index contributed by atoms with van der Waals surface area (Å²) in [4.78, 5) is 18.0. The number of hydrogen-bond acceptors (Lipinski definition) is 4. The van der Waals surface area contributed by atoms with Crippen LogP contribution in [0.1, 0.15) is 13.8 Å². The predicted octanol–water partition coefficient (Wildman–Crippen LogP) is 4.78. The second-order valence-electron chi connectivity index (χ2n) is 4.35. The highest BCUT2D eigenvalue weighted by atomic mass is 127. The first kappa shape index (κ1) is 26.7. The van der Waals surface area contributed by atoms with Crippen LogP contribution in [0.4, 0.5) is 0 Å². The largest absolute Gasteiger partial charge is 0.497 e. The Bertz CT molecular complexity index is 562. The van der Waals surface area contributed by atoms with Gasteiger partial charge in [-0.05, 0) is 93.7 Å². The number of hydrogen-bond donors (Lipinski definition) is 2. The molecular weight excluding hydrogens is 566 g/mol.